The van der Waals surface area contributed by atoms with E-state index in [1.54, 1.807) is 0 Å². The molecular formula is C18H34N2O. The van der Waals surface area contributed by atoms with Crippen LogP contribution in [0, 0.1) is 17.8 Å². The maximum atomic E-state index is 12.9. The van der Waals surface area contributed by atoms with Gasteiger partial charge in [0, 0.05) is 6.04 Å². The van der Waals surface area contributed by atoms with Gasteiger partial charge >= 0.3 is 0 Å². The lowest BCUT2D eigenvalue weighted by Gasteiger charge is -2.34. The van der Waals surface area contributed by atoms with Crippen LogP contribution in [-0.4, -0.2) is 29.1 Å². The van der Waals surface area contributed by atoms with Crippen LogP contribution in [0.1, 0.15) is 73.1 Å². The third-order valence-corrected chi connectivity index (χ3v) is 5.18. The minimum Gasteiger partial charge on any atom is -0.323 e. The predicted molar refractivity (Wildman–Crippen MR) is 87.9 cm³/mol. The molecule has 1 heterocycles. The molecule has 0 radical (unpaired) electrons. The van der Waals surface area contributed by atoms with E-state index in [0.717, 1.165) is 12.3 Å². The van der Waals surface area contributed by atoms with E-state index in [2.05, 4.69) is 44.8 Å². The number of carbonyl (C=O) groups is 1. The fourth-order valence-electron chi connectivity index (χ4n) is 3.98. The lowest BCUT2D eigenvalue weighted by atomic mass is 10.0. The molecule has 0 aromatic carbocycles. The highest BCUT2D eigenvalue weighted by Gasteiger charge is 2.43. The average molecular weight is 294 g/mol. The van der Waals surface area contributed by atoms with Crippen LogP contribution in [0.3, 0.4) is 0 Å². The van der Waals surface area contributed by atoms with Gasteiger partial charge in [-0.1, -0.05) is 47.5 Å². The second-order valence-corrected chi connectivity index (χ2v) is 8.05. The number of rotatable bonds is 4. The largest absolute Gasteiger partial charge is 0.323 e. The summed E-state index contributed by atoms with van der Waals surface area (Å²) in [4.78, 5) is 15.1. The van der Waals surface area contributed by atoms with Crippen molar-refractivity contribution in [2.45, 2.75) is 91.4 Å². The van der Waals surface area contributed by atoms with Crippen LogP contribution in [0.25, 0.3) is 0 Å². The summed E-state index contributed by atoms with van der Waals surface area (Å²) in [6, 6.07) is 0.498. The van der Waals surface area contributed by atoms with E-state index >= 15 is 0 Å². The summed E-state index contributed by atoms with van der Waals surface area (Å²) in [6.45, 7) is 11.2. The zero-order chi connectivity index (χ0) is 15.6. The molecule has 0 spiro atoms. The maximum absolute atomic E-state index is 12.9. The van der Waals surface area contributed by atoms with Gasteiger partial charge in [0.1, 0.15) is 0 Å². The van der Waals surface area contributed by atoms with Crippen LogP contribution in [0.15, 0.2) is 0 Å². The van der Waals surface area contributed by atoms with Crippen LogP contribution in [-0.2, 0) is 4.79 Å². The van der Waals surface area contributed by atoms with E-state index in [1.165, 1.54) is 32.1 Å². The third kappa shape index (κ3) is 4.00. The second kappa shape index (κ2) is 7.13. The summed E-state index contributed by atoms with van der Waals surface area (Å²) in [5.41, 5.74) is 0. The molecule has 0 aromatic rings. The van der Waals surface area contributed by atoms with E-state index < -0.39 is 0 Å². The van der Waals surface area contributed by atoms with Gasteiger partial charge in [-0.15, -0.1) is 0 Å². The Kier molecular flexibility index (Phi) is 5.70. The first-order valence-corrected chi connectivity index (χ1v) is 8.98. The first kappa shape index (κ1) is 16.8. The van der Waals surface area contributed by atoms with Crippen LogP contribution >= 0.6 is 0 Å². The van der Waals surface area contributed by atoms with E-state index in [-0.39, 0.29) is 12.2 Å². The summed E-state index contributed by atoms with van der Waals surface area (Å²) < 4.78 is 0. The SMILES string of the molecule is CC(C)CC1NC(C(C)C)N(C2CCCC(C)CC2)C1=O. The quantitative estimate of drug-likeness (QED) is 0.800. The Labute approximate surface area is 130 Å². The van der Waals surface area contributed by atoms with Crippen molar-refractivity contribution in [1.82, 2.24) is 10.2 Å². The van der Waals surface area contributed by atoms with Crippen molar-refractivity contribution in [2.24, 2.45) is 17.8 Å². The molecule has 2 rings (SSSR count). The van der Waals surface area contributed by atoms with Crippen molar-refractivity contribution >= 4 is 5.91 Å². The number of nitrogens with zero attached hydrogens (tertiary/aromatic N) is 1. The van der Waals surface area contributed by atoms with Crippen LogP contribution in [0.2, 0.25) is 0 Å². The summed E-state index contributed by atoms with van der Waals surface area (Å²) >= 11 is 0. The molecule has 4 atom stereocenters. The number of carbonyl (C=O) groups excluding carboxylic acids is 1. The number of hydrogen-bond donors (Lipinski definition) is 1. The van der Waals surface area contributed by atoms with Gasteiger partial charge in [-0.3, -0.25) is 10.1 Å². The normalized spacial score (nSPS) is 34.8. The molecule has 0 aromatic heterocycles. The van der Waals surface area contributed by atoms with Gasteiger partial charge in [0.2, 0.25) is 5.91 Å². The highest BCUT2D eigenvalue weighted by atomic mass is 16.2. The molecular weight excluding hydrogens is 260 g/mol. The van der Waals surface area contributed by atoms with E-state index in [0.29, 0.717) is 23.8 Å². The Morgan fingerprint density at radius 2 is 1.86 bits per heavy atom. The minimum absolute atomic E-state index is 0.0399. The summed E-state index contributed by atoms with van der Waals surface area (Å²) in [6.07, 6.45) is 7.44. The van der Waals surface area contributed by atoms with Crippen molar-refractivity contribution in [1.29, 1.82) is 0 Å². The van der Waals surface area contributed by atoms with Crippen LogP contribution in [0.4, 0.5) is 0 Å². The van der Waals surface area contributed by atoms with Gasteiger partial charge in [-0.25, -0.2) is 0 Å². The molecule has 1 saturated carbocycles. The topological polar surface area (TPSA) is 32.3 Å². The molecule has 2 aliphatic rings. The highest BCUT2D eigenvalue weighted by molar-refractivity contribution is 5.84. The number of nitrogens with one attached hydrogen (secondary N) is 1. The Balaban J connectivity index is 2.11. The van der Waals surface area contributed by atoms with Crippen molar-refractivity contribution in [3.8, 4) is 0 Å². The molecule has 122 valence electrons. The van der Waals surface area contributed by atoms with Crippen molar-refractivity contribution in [2.75, 3.05) is 0 Å². The summed E-state index contributed by atoms with van der Waals surface area (Å²) in [7, 11) is 0. The first-order valence-electron chi connectivity index (χ1n) is 8.98. The smallest absolute Gasteiger partial charge is 0.241 e. The third-order valence-electron chi connectivity index (χ3n) is 5.18. The monoisotopic (exact) mass is 294 g/mol. The van der Waals surface area contributed by atoms with Gasteiger partial charge in [0.25, 0.3) is 0 Å². The highest BCUT2D eigenvalue weighted by Crippen LogP contribution is 2.31. The number of hydrogen-bond acceptors (Lipinski definition) is 2. The maximum Gasteiger partial charge on any atom is 0.241 e. The van der Waals surface area contributed by atoms with Gasteiger partial charge < -0.3 is 4.90 Å². The first-order chi connectivity index (χ1) is 9.90. The van der Waals surface area contributed by atoms with Gasteiger partial charge in [0.05, 0.1) is 12.2 Å². The van der Waals surface area contributed by atoms with Crippen LogP contribution in [0.5, 0.6) is 0 Å². The number of amides is 1. The lowest BCUT2D eigenvalue weighted by molar-refractivity contribution is -0.133. The zero-order valence-electron chi connectivity index (χ0n) is 14.6. The minimum atomic E-state index is 0.0399. The molecule has 1 aliphatic carbocycles. The molecule has 3 heteroatoms. The molecule has 1 amide bonds. The zero-order valence-corrected chi connectivity index (χ0v) is 14.6. The molecule has 21 heavy (non-hydrogen) atoms. The fraction of sp³-hybridized carbons (Fsp3) is 0.944. The van der Waals surface area contributed by atoms with Gasteiger partial charge in [-0.05, 0) is 43.4 Å². The Hall–Kier alpha value is -0.570. The molecule has 2 fully saturated rings. The Bertz CT molecular complexity index is 353. The summed E-state index contributed by atoms with van der Waals surface area (Å²) in [5, 5.41) is 3.63. The van der Waals surface area contributed by atoms with E-state index in [9.17, 15) is 4.79 Å². The van der Waals surface area contributed by atoms with Crippen molar-refractivity contribution in [3.63, 3.8) is 0 Å². The predicted octanol–water partition coefficient (Wildman–Crippen LogP) is 3.78. The molecule has 0 bridgehead atoms. The average Bonchev–Trinajstić information content (AvgIpc) is 2.58. The second-order valence-electron chi connectivity index (χ2n) is 8.05. The lowest BCUT2D eigenvalue weighted by Crippen LogP contribution is -2.47. The van der Waals surface area contributed by atoms with Crippen molar-refractivity contribution in [3.05, 3.63) is 0 Å². The molecule has 1 N–H and O–H groups in total. The van der Waals surface area contributed by atoms with Crippen LogP contribution < -0.4 is 5.32 Å². The van der Waals surface area contributed by atoms with Gasteiger partial charge in [0.15, 0.2) is 0 Å². The Morgan fingerprint density at radius 1 is 1.14 bits per heavy atom. The fourth-order valence-corrected chi connectivity index (χ4v) is 3.98. The standard InChI is InChI=1S/C18H34N2O/c1-12(2)11-16-18(21)20(17(19-16)13(3)4)15-8-6-7-14(5)9-10-15/h12-17,19H,6-11H2,1-5H3. The molecule has 4 unspecified atom stereocenters. The molecule has 1 saturated heterocycles. The van der Waals surface area contributed by atoms with Gasteiger partial charge in [-0.2, -0.15) is 0 Å². The molecule has 3 nitrogen and oxygen atoms in total. The van der Waals surface area contributed by atoms with E-state index in [4.69, 9.17) is 0 Å². The van der Waals surface area contributed by atoms with Crippen molar-refractivity contribution < 1.29 is 4.79 Å². The summed E-state index contributed by atoms with van der Waals surface area (Å²) in [5.74, 6) is 2.23. The Morgan fingerprint density at radius 3 is 2.48 bits per heavy atom. The van der Waals surface area contributed by atoms with E-state index in [1.807, 2.05) is 0 Å². The molecule has 1 aliphatic heterocycles.